The molecule has 0 saturated carbocycles. The molecule has 8 heteroatoms. The number of rotatable bonds is 4. The first-order valence-electron chi connectivity index (χ1n) is 8.52. The van der Waals surface area contributed by atoms with Crippen molar-refractivity contribution in [2.45, 2.75) is 32.9 Å². The van der Waals surface area contributed by atoms with Crippen LogP contribution in [-0.4, -0.2) is 63.7 Å². The molecule has 8 nitrogen and oxygen atoms in total. The topological polar surface area (TPSA) is 96.0 Å². The zero-order valence-corrected chi connectivity index (χ0v) is 15.0. The number of nitrogens with zero attached hydrogens (tertiary/aromatic N) is 4. The van der Waals surface area contributed by atoms with Gasteiger partial charge < -0.3 is 15.0 Å². The van der Waals surface area contributed by atoms with Crippen LogP contribution in [0.5, 0.6) is 5.75 Å². The minimum Gasteiger partial charge on any atom is -0.487 e. The van der Waals surface area contributed by atoms with E-state index in [1.54, 1.807) is 6.07 Å². The van der Waals surface area contributed by atoms with Crippen LogP contribution >= 0.6 is 0 Å². The van der Waals surface area contributed by atoms with Crippen molar-refractivity contribution in [1.82, 2.24) is 30.8 Å². The van der Waals surface area contributed by atoms with Gasteiger partial charge in [-0.1, -0.05) is 13.0 Å². The van der Waals surface area contributed by atoms with Gasteiger partial charge in [0, 0.05) is 25.0 Å². The molecule has 1 aliphatic heterocycles. The summed E-state index contributed by atoms with van der Waals surface area (Å²) in [5.41, 5.74) is 1.20. The van der Waals surface area contributed by atoms with Crippen LogP contribution in [0.15, 0.2) is 18.2 Å². The molecule has 0 radical (unpaired) electrons. The maximum absolute atomic E-state index is 13.1. The predicted molar refractivity (Wildman–Crippen MR) is 93.3 cm³/mol. The Kier molecular flexibility index (Phi) is 4.98. The number of hydrogen-bond donors (Lipinski definition) is 2. The molecule has 1 aliphatic rings. The molecule has 134 valence electrons. The highest BCUT2D eigenvalue weighted by Crippen LogP contribution is 2.35. The quantitative estimate of drug-likeness (QED) is 0.869. The van der Waals surface area contributed by atoms with Gasteiger partial charge in [-0.25, -0.2) is 0 Å². The van der Waals surface area contributed by atoms with Crippen molar-refractivity contribution in [1.29, 1.82) is 0 Å². The van der Waals surface area contributed by atoms with E-state index in [0.29, 0.717) is 35.8 Å². The van der Waals surface area contributed by atoms with Gasteiger partial charge in [0.2, 0.25) is 5.82 Å². The van der Waals surface area contributed by atoms with Crippen LogP contribution < -0.4 is 10.1 Å². The number of fused-ring (bicyclic) bond motifs is 1. The SMILES string of the molecule is CNCC1Oc2c(cccc2-c2nn[nH]n2)C(=O)N(C(C)C)CC1C. The number of para-hydroxylation sites is 1. The van der Waals surface area contributed by atoms with Crippen LogP contribution in [0.25, 0.3) is 11.4 Å². The highest BCUT2D eigenvalue weighted by atomic mass is 16.5. The molecule has 2 atom stereocenters. The van der Waals surface area contributed by atoms with E-state index in [4.69, 9.17) is 4.74 Å². The molecule has 1 aromatic heterocycles. The lowest BCUT2D eigenvalue weighted by Crippen LogP contribution is -2.47. The van der Waals surface area contributed by atoms with E-state index in [1.165, 1.54) is 0 Å². The van der Waals surface area contributed by atoms with E-state index in [0.717, 1.165) is 0 Å². The number of carbonyl (C=O) groups excluding carboxylic acids is 1. The molecular formula is C17H24N6O2. The summed E-state index contributed by atoms with van der Waals surface area (Å²) in [5.74, 6) is 1.07. The first-order valence-corrected chi connectivity index (χ1v) is 8.52. The normalized spacial score (nSPS) is 20.8. The largest absolute Gasteiger partial charge is 0.487 e. The van der Waals surface area contributed by atoms with Gasteiger partial charge in [-0.05, 0) is 38.2 Å². The van der Waals surface area contributed by atoms with Gasteiger partial charge in [0.15, 0.2) is 0 Å². The summed E-state index contributed by atoms with van der Waals surface area (Å²) >= 11 is 0. The van der Waals surface area contributed by atoms with Crippen LogP contribution in [0.3, 0.4) is 0 Å². The molecule has 0 bridgehead atoms. The van der Waals surface area contributed by atoms with E-state index in [-0.39, 0.29) is 24.0 Å². The summed E-state index contributed by atoms with van der Waals surface area (Å²) in [4.78, 5) is 15.0. The van der Waals surface area contributed by atoms with Gasteiger partial charge in [0.1, 0.15) is 11.9 Å². The third-order valence-electron chi connectivity index (χ3n) is 4.51. The minimum atomic E-state index is -0.0776. The predicted octanol–water partition coefficient (Wildman–Crippen LogP) is 1.33. The average Bonchev–Trinajstić information content (AvgIpc) is 3.11. The lowest BCUT2D eigenvalue weighted by molar-refractivity contribution is 0.0516. The number of H-pyrrole nitrogens is 1. The summed E-state index contributed by atoms with van der Waals surface area (Å²) in [7, 11) is 1.90. The first kappa shape index (κ1) is 17.3. The van der Waals surface area contributed by atoms with E-state index >= 15 is 0 Å². The molecule has 25 heavy (non-hydrogen) atoms. The Morgan fingerprint density at radius 3 is 2.80 bits per heavy atom. The van der Waals surface area contributed by atoms with Crippen molar-refractivity contribution in [3.63, 3.8) is 0 Å². The van der Waals surface area contributed by atoms with Gasteiger partial charge in [-0.15, -0.1) is 10.2 Å². The molecule has 3 rings (SSSR count). The summed E-state index contributed by atoms with van der Waals surface area (Å²) in [5, 5.41) is 17.4. The number of hydrogen-bond acceptors (Lipinski definition) is 6. The Morgan fingerprint density at radius 2 is 2.16 bits per heavy atom. The second-order valence-corrected chi connectivity index (χ2v) is 6.66. The Balaban J connectivity index is 2.14. The number of ether oxygens (including phenoxy) is 1. The molecular weight excluding hydrogens is 320 g/mol. The van der Waals surface area contributed by atoms with E-state index in [1.807, 2.05) is 37.9 Å². The molecule has 0 fully saturated rings. The maximum atomic E-state index is 13.1. The molecule has 2 aromatic rings. The number of tetrazole rings is 1. The van der Waals surface area contributed by atoms with Crippen molar-refractivity contribution < 1.29 is 9.53 Å². The summed E-state index contributed by atoms with van der Waals surface area (Å²) in [6, 6.07) is 5.56. The number of benzene rings is 1. The molecule has 0 saturated heterocycles. The monoisotopic (exact) mass is 344 g/mol. The van der Waals surface area contributed by atoms with Gasteiger partial charge in [0.05, 0.1) is 11.1 Å². The first-order chi connectivity index (χ1) is 12.0. The summed E-state index contributed by atoms with van der Waals surface area (Å²) < 4.78 is 6.31. The maximum Gasteiger partial charge on any atom is 0.257 e. The van der Waals surface area contributed by atoms with Crippen molar-refractivity contribution in [3.8, 4) is 17.1 Å². The summed E-state index contributed by atoms with van der Waals surface area (Å²) in [6.45, 7) is 7.49. The average molecular weight is 344 g/mol. The van der Waals surface area contributed by atoms with Gasteiger partial charge in [0.25, 0.3) is 5.91 Å². The number of aromatic nitrogens is 4. The van der Waals surface area contributed by atoms with Crippen LogP contribution in [0, 0.1) is 5.92 Å². The number of aromatic amines is 1. The fraction of sp³-hybridized carbons (Fsp3) is 0.529. The second kappa shape index (κ2) is 7.18. The van der Waals surface area contributed by atoms with Crippen LogP contribution in [0.2, 0.25) is 0 Å². The number of likely N-dealkylation sites (N-methyl/N-ethyl adjacent to an activating group) is 1. The number of carbonyl (C=O) groups is 1. The summed E-state index contributed by atoms with van der Waals surface area (Å²) in [6.07, 6.45) is -0.0776. The molecule has 1 aromatic carbocycles. The van der Waals surface area contributed by atoms with E-state index in [9.17, 15) is 4.79 Å². The number of amides is 1. The number of nitrogens with one attached hydrogen (secondary N) is 2. The third kappa shape index (κ3) is 3.34. The Labute approximate surface area is 146 Å². The zero-order valence-electron chi connectivity index (χ0n) is 15.0. The second-order valence-electron chi connectivity index (χ2n) is 6.66. The van der Waals surface area contributed by atoms with Gasteiger partial charge >= 0.3 is 0 Å². The fourth-order valence-corrected chi connectivity index (χ4v) is 3.11. The smallest absolute Gasteiger partial charge is 0.257 e. The standard InChI is InChI=1S/C17H24N6O2/c1-10(2)23-9-11(3)14(8-18-4)25-15-12(16-19-21-22-20-16)6-5-7-13(15)17(23)24/h5-7,10-11,14,18H,8-9H2,1-4H3,(H,19,20,21,22). The molecule has 2 heterocycles. The minimum absolute atomic E-state index is 0.0369. The Morgan fingerprint density at radius 1 is 1.40 bits per heavy atom. The van der Waals surface area contributed by atoms with E-state index < -0.39 is 0 Å². The fourth-order valence-electron chi connectivity index (χ4n) is 3.11. The van der Waals surface area contributed by atoms with Crippen LogP contribution in [-0.2, 0) is 0 Å². The van der Waals surface area contributed by atoms with E-state index in [2.05, 4.69) is 32.9 Å². The molecule has 2 N–H and O–H groups in total. The molecule has 0 aliphatic carbocycles. The highest BCUT2D eigenvalue weighted by Gasteiger charge is 2.33. The molecule has 1 amide bonds. The van der Waals surface area contributed by atoms with Crippen molar-refractivity contribution >= 4 is 5.91 Å². The van der Waals surface area contributed by atoms with Gasteiger partial charge in [-0.2, -0.15) is 5.21 Å². The Hall–Kier alpha value is -2.48. The lowest BCUT2D eigenvalue weighted by atomic mass is 9.98. The highest BCUT2D eigenvalue weighted by molar-refractivity contribution is 5.99. The zero-order chi connectivity index (χ0) is 18.0. The van der Waals surface area contributed by atoms with Crippen molar-refractivity contribution in [3.05, 3.63) is 23.8 Å². The third-order valence-corrected chi connectivity index (χ3v) is 4.51. The van der Waals surface area contributed by atoms with Crippen LogP contribution in [0.1, 0.15) is 31.1 Å². The molecule has 2 unspecified atom stereocenters. The lowest BCUT2D eigenvalue weighted by Gasteiger charge is -2.36. The van der Waals surface area contributed by atoms with Crippen LogP contribution in [0.4, 0.5) is 0 Å². The molecule has 0 spiro atoms. The van der Waals surface area contributed by atoms with Crippen molar-refractivity contribution in [2.75, 3.05) is 20.1 Å². The van der Waals surface area contributed by atoms with Gasteiger partial charge in [-0.3, -0.25) is 4.79 Å². The Bertz CT molecular complexity index is 731. The van der Waals surface area contributed by atoms with Crippen molar-refractivity contribution in [2.24, 2.45) is 5.92 Å².